The Hall–Kier alpha value is -1.94. The zero-order chi connectivity index (χ0) is 63.6. The van der Waals surface area contributed by atoms with Crippen LogP contribution in [0.4, 0.5) is 0 Å². The van der Waals surface area contributed by atoms with Gasteiger partial charge in [-0.15, -0.1) is 0 Å². The summed E-state index contributed by atoms with van der Waals surface area (Å²) < 4.78 is 68.0. The van der Waals surface area contributed by atoms with E-state index in [4.69, 9.17) is 37.0 Å². The first kappa shape index (κ1) is 84.1. The predicted molar refractivity (Wildman–Crippen MR) is 345 cm³/mol. The molecule has 3 unspecified atom stereocenters. The lowest BCUT2D eigenvalue weighted by atomic mass is 10.00. The van der Waals surface area contributed by atoms with Gasteiger partial charge in [-0.1, -0.05) is 286 Å². The van der Waals surface area contributed by atoms with Crippen LogP contribution >= 0.6 is 15.6 Å². The van der Waals surface area contributed by atoms with Crippen LogP contribution in [-0.2, 0) is 65.4 Å². The Bertz CT molecular complexity index is 1690. The maximum Gasteiger partial charge on any atom is 0.472 e. The average Bonchev–Trinajstić information content (AvgIpc) is 3.56. The molecule has 0 bridgehead atoms. The van der Waals surface area contributed by atoms with Crippen molar-refractivity contribution in [2.24, 2.45) is 11.8 Å². The maximum absolute atomic E-state index is 13.0. The van der Waals surface area contributed by atoms with Crippen LogP contribution in [0.2, 0.25) is 0 Å². The minimum Gasteiger partial charge on any atom is -0.462 e. The number of hydrogen-bond acceptors (Lipinski definition) is 15. The van der Waals surface area contributed by atoms with Gasteiger partial charge in [0.05, 0.1) is 26.4 Å². The molecule has 0 spiro atoms. The average molecular weight is 1270 g/mol. The highest BCUT2D eigenvalue weighted by atomic mass is 31.2. The van der Waals surface area contributed by atoms with Gasteiger partial charge in [-0.25, -0.2) is 9.13 Å². The van der Waals surface area contributed by atoms with E-state index >= 15 is 0 Å². The zero-order valence-electron chi connectivity index (χ0n) is 55.6. The Morgan fingerprint density at radius 2 is 0.593 bits per heavy atom. The summed E-state index contributed by atoms with van der Waals surface area (Å²) in [6.07, 6.45) is 43.2. The molecule has 0 fully saturated rings. The summed E-state index contributed by atoms with van der Waals surface area (Å²) >= 11 is 0. The van der Waals surface area contributed by atoms with Gasteiger partial charge < -0.3 is 33.8 Å². The smallest absolute Gasteiger partial charge is 0.462 e. The third-order valence-corrected chi connectivity index (χ3v) is 17.7. The van der Waals surface area contributed by atoms with E-state index in [-0.39, 0.29) is 25.7 Å². The predicted octanol–water partition coefficient (Wildman–Crippen LogP) is 18.8. The van der Waals surface area contributed by atoms with E-state index in [0.29, 0.717) is 25.7 Å². The van der Waals surface area contributed by atoms with E-state index in [9.17, 15) is 43.2 Å². The van der Waals surface area contributed by atoms with Crippen LogP contribution < -0.4 is 0 Å². The molecule has 0 aliphatic heterocycles. The summed E-state index contributed by atoms with van der Waals surface area (Å²) in [4.78, 5) is 72.3. The SMILES string of the molecule is CCCCCCCCCCCCCCCCCCC(=O)O[C@H](COC(=O)CCCCCCCCCCCCC(C)C)COP(=O)(O)OC[C@@H](O)COP(=O)(O)OC[C@@H](COC(=O)CCCCCCCCC)OC(=O)CCCCCCCCC(C)CC. The summed E-state index contributed by atoms with van der Waals surface area (Å²) in [5.74, 6) is -0.656. The largest absolute Gasteiger partial charge is 0.472 e. The molecule has 0 saturated heterocycles. The number of rotatable bonds is 66. The van der Waals surface area contributed by atoms with Crippen molar-refractivity contribution in [1.29, 1.82) is 0 Å². The van der Waals surface area contributed by atoms with E-state index in [1.807, 2.05) is 0 Å². The molecular weight excluding hydrogens is 1140 g/mol. The van der Waals surface area contributed by atoms with Gasteiger partial charge in [0.2, 0.25) is 0 Å². The number of phosphoric acid groups is 2. The molecule has 19 heteroatoms. The number of phosphoric ester groups is 2. The fourth-order valence-electron chi connectivity index (χ4n) is 10.0. The number of carbonyl (C=O) groups excluding carboxylic acids is 4. The third kappa shape index (κ3) is 59.7. The van der Waals surface area contributed by atoms with Gasteiger partial charge in [-0.3, -0.25) is 37.3 Å². The van der Waals surface area contributed by atoms with E-state index in [1.54, 1.807) is 0 Å². The van der Waals surface area contributed by atoms with Crippen molar-refractivity contribution < 1.29 is 80.2 Å². The van der Waals surface area contributed by atoms with Crippen LogP contribution in [-0.4, -0.2) is 96.7 Å². The molecule has 0 aliphatic rings. The second kappa shape index (κ2) is 59.4. The second-order valence-electron chi connectivity index (χ2n) is 24.9. The monoisotopic (exact) mass is 1270 g/mol. The summed E-state index contributed by atoms with van der Waals surface area (Å²) in [5, 5.41) is 10.5. The summed E-state index contributed by atoms with van der Waals surface area (Å²) in [5.41, 5.74) is 0. The van der Waals surface area contributed by atoms with E-state index in [1.165, 1.54) is 141 Å². The fraction of sp³-hybridized carbons (Fsp3) is 0.940. The van der Waals surface area contributed by atoms with Gasteiger partial charge in [-0.05, 0) is 37.5 Å². The second-order valence-corrected chi connectivity index (χ2v) is 27.8. The van der Waals surface area contributed by atoms with Gasteiger partial charge >= 0.3 is 39.5 Å². The van der Waals surface area contributed by atoms with Crippen LogP contribution in [0, 0.1) is 11.8 Å². The Morgan fingerprint density at radius 3 is 0.884 bits per heavy atom. The zero-order valence-corrected chi connectivity index (χ0v) is 57.4. The lowest BCUT2D eigenvalue weighted by molar-refractivity contribution is -0.161. The molecule has 86 heavy (non-hydrogen) atoms. The lowest BCUT2D eigenvalue weighted by Gasteiger charge is -2.21. The van der Waals surface area contributed by atoms with Crippen LogP contribution in [0.3, 0.4) is 0 Å². The summed E-state index contributed by atoms with van der Waals surface area (Å²) in [7, 11) is -9.89. The molecule has 3 N–H and O–H groups in total. The topological polar surface area (TPSA) is 237 Å². The standard InChI is InChI=1S/C67H130O17P2/c1-7-10-12-14-16-17-18-19-20-21-22-23-28-32-39-45-51-66(71)83-62(56-78-65(70)50-44-38-31-27-25-24-26-30-35-41-47-59(4)5)57-81-85(73,74)79-53-61(68)54-80-86(75,76)82-58-63(55-77-64(69)49-43-37-29-15-13-11-8-2)84-67(72)52-46-40-34-33-36-42-48-60(6)9-3/h59-63,68H,7-58H2,1-6H3,(H,73,74)(H,75,76)/t60?,61-,62-,63-/m1/s1. The highest BCUT2D eigenvalue weighted by Crippen LogP contribution is 2.45. The minimum atomic E-state index is -4.95. The Labute approximate surface area is 524 Å². The fourth-order valence-corrected chi connectivity index (χ4v) is 11.6. The van der Waals surface area contributed by atoms with Gasteiger partial charge in [0.25, 0.3) is 0 Å². The number of hydrogen-bond donors (Lipinski definition) is 3. The van der Waals surface area contributed by atoms with E-state index < -0.39 is 97.5 Å². The van der Waals surface area contributed by atoms with Crippen molar-refractivity contribution in [3.63, 3.8) is 0 Å². The molecule has 0 aromatic carbocycles. The normalized spacial score (nSPS) is 14.5. The van der Waals surface area contributed by atoms with Gasteiger partial charge in [0, 0.05) is 25.7 Å². The molecule has 0 aliphatic carbocycles. The highest BCUT2D eigenvalue weighted by molar-refractivity contribution is 7.47. The number of carbonyl (C=O) groups is 4. The quantitative estimate of drug-likeness (QED) is 0.0222. The first-order valence-corrected chi connectivity index (χ1v) is 38.0. The van der Waals surface area contributed by atoms with Crippen molar-refractivity contribution in [2.75, 3.05) is 39.6 Å². The van der Waals surface area contributed by atoms with E-state index in [2.05, 4.69) is 41.5 Å². The van der Waals surface area contributed by atoms with Crippen LogP contribution in [0.25, 0.3) is 0 Å². The Morgan fingerprint density at radius 1 is 0.337 bits per heavy atom. The van der Waals surface area contributed by atoms with Gasteiger partial charge in [-0.2, -0.15) is 0 Å². The number of ether oxygens (including phenoxy) is 4. The molecule has 17 nitrogen and oxygen atoms in total. The Kier molecular flexibility index (Phi) is 58.0. The van der Waals surface area contributed by atoms with Crippen molar-refractivity contribution in [1.82, 2.24) is 0 Å². The molecule has 0 amide bonds. The van der Waals surface area contributed by atoms with Gasteiger partial charge in [0.1, 0.15) is 19.3 Å². The lowest BCUT2D eigenvalue weighted by Crippen LogP contribution is -2.30. The van der Waals surface area contributed by atoms with Crippen molar-refractivity contribution in [2.45, 2.75) is 355 Å². The van der Waals surface area contributed by atoms with Crippen LogP contribution in [0.5, 0.6) is 0 Å². The first-order valence-electron chi connectivity index (χ1n) is 35.0. The molecular formula is C67H130O17P2. The molecule has 6 atom stereocenters. The molecule has 0 heterocycles. The molecule has 0 rings (SSSR count). The molecule has 0 aromatic rings. The molecule has 0 radical (unpaired) electrons. The van der Waals surface area contributed by atoms with Crippen molar-refractivity contribution in [3.05, 3.63) is 0 Å². The van der Waals surface area contributed by atoms with Crippen LogP contribution in [0.15, 0.2) is 0 Å². The van der Waals surface area contributed by atoms with Gasteiger partial charge in [0.15, 0.2) is 12.2 Å². The maximum atomic E-state index is 13.0. The molecule has 0 aromatic heterocycles. The molecule has 510 valence electrons. The highest BCUT2D eigenvalue weighted by Gasteiger charge is 2.30. The number of aliphatic hydroxyl groups excluding tert-OH is 1. The van der Waals surface area contributed by atoms with E-state index in [0.717, 1.165) is 115 Å². The van der Waals surface area contributed by atoms with Crippen LogP contribution in [0.1, 0.15) is 337 Å². The minimum absolute atomic E-state index is 0.103. The number of esters is 4. The molecule has 0 saturated carbocycles. The summed E-state index contributed by atoms with van der Waals surface area (Å²) in [6.45, 7) is 9.43. The first-order chi connectivity index (χ1) is 41.4. The number of aliphatic hydroxyl groups is 1. The summed E-state index contributed by atoms with van der Waals surface area (Å²) in [6, 6.07) is 0. The third-order valence-electron chi connectivity index (χ3n) is 15.8. The van der Waals surface area contributed by atoms with Crippen molar-refractivity contribution >= 4 is 39.5 Å². The Balaban J connectivity index is 5.21. The van der Waals surface area contributed by atoms with Crippen molar-refractivity contribution in [3.8, 4) is 0 Å². The number of unbranched alkanes of at least 4 members (excludes halogenated alkanes) is 35.